The van der Waals surface area contributed by atoms with Crippen molar-refractivity contribution < 1.29 is 0 Å². The van der Waals surface area contributed by atoms with Crippen molar-refractivity contribution >= 4 is 22.6 Å². The highest BCUT2D eigenvalue weighted by Gasteiger charge is 2.11. The Labute approximate surface area is 123 Å². The molecule has 0 saturated carbocycles. The zero-order chi connectivity index (χ0) is 13.9. The Bertz CT molecular complexity index is 700. The SMILES string of the molecule is Cc1cccc2nc(CCl)n(CCCn3cccn3)c12. The Hall–Kier alpha value is -1.81. The van der Waals surface area contributed by atoms with Gasteiger partial charge in [0.25, 0.3) is 0 Å². The number of aromatic nitrogens is 4. The fourth-order valence-electron chi connectivity index (χ4n) is 2.58. The predicted octanol–water partition coefficient (Wildman–Crippen LogP) is 3.37. The van der Waals surface area contributed by atoms with Crippen molar-refractivity contribution in [2.75, 3.05) is 0 Å². The molecule has 0 aliphatic heterocycles. The molecular formula is C15H17ClN4. The minimum atomic E-state index is 0.440. The number of benzene rings is 1. The average molecular weight is 289 g/mol. The highest BCUT2D eigenvalue weighted by atomic mass is 35.5. The van der Waals surface area contributed by atoms with Crippen molar-refractivity contribution in [3.05, 3.63) is 48.0 Å². The van der Waals surface area contributed by atoms with Crippen LogP contribution < -0.4 is 0 Å². The van der Waals surface area contributed by atoms with Gasteiger partial charge in [-0.25, -0.2) is 4.98 Å². The van der Waals surface area contributed by atoms with E-state index in [0.717, 1.165) is 30.9 Å². The highest BCUT2D eigenvalue weighted by Crippen LogP contribution is 2.21. The molecule has 1 aromatic carbocycles. The number of alkyl halides is 1. The summed E-state index contributed by atoms with van der Waals surface area (Å²) in [6, 6.07) is 8.14. The van der Waals surface area contributed by atoms with Crippen LogP contribution in [0.1, 0.15) is 17.8 Å². The smallest absolute Gasteiger partial charge is 0.124 e. The van der Waals surface area contributed by atoms with Crippen molar-refractivity contribution in [3.8, 4) is 0 Å². The lowest BCUT2D eigenvalue weighted by Crippen LogP contribution is -2.07. The number of hydrogen-bond donors (Lipinski definition) is 0. The summed E-state index contributed by atoms with van der Waals surface area (Å²) in [5, 5.41) is 4.22. The van der Waals surface area contributed by atoms with Crippen LogP contribution in [0, 0.1) is 6.92 Å². The predicted molar refractivity (Wildman–Crippen MR) is 80.9 cm³/mol. The molecule has 0 bridgehead atoms. The van der Waals surface area contributed by atoms with Gasteiger partial charge < -0.3 is 4.57 Å². The van der Waals surface area contributed by atoms with Crippen molar-refractivity contribution in [1.82, 2.24) is 19.3 Å². The van der Waals surface area contributed by atoms with Gasteiger partial charge in [-0.2, -0.15) is 5.10 Å². The van der Waals surface area contributed by atoms with Gasteiger partial charge >= 0.3 is 0 Å². The van der Waals surface area contributed by atoms with Crippen LogP contribution in [0.4, 0.5) is 0 Å². The third-order valence-corrected chi connectivity index (χ3v) is 3.73. The maximum atomic E-state index is 6.03. The molecule has 0 N–H and O–H groups in total. The molecule has 104 valence electrons. The molecule has 0 atom stereocenters. The molecule has 0 unspecified atom stereocenters. The van der Waals surface area contributed by atoms with Gasteiger partial charge in [0, 0.05) is 25.5 Å². The molecule has 0 aliphatic carbocycles. The first-order chi connectivity index (χ1) is 9.79. The summed E-state index contributed by atoms with van der Waals surface area (Å²) >= 11 is 6.03. The molecular weight excluding hydrogens is 272 g/mol. The van der Waals surface area contributed by atoms with E-state index in [1.54, 1.807) is 6.20 Å². The molecule has 0 aliphatic rings. The van der Waals surface area contributed by atoms with Crippen LogP contribution in [0.2, 0.25) is 0 Å². The summed E-state index contributed by atoms with van der Waals surface area (Å²) in [5.74, 6) is 1.38. The number of hydrogen-bond acceptors (Lipinski definition) is 2. The van der Waals surface area contributed by atoms with Crippen molar-refractivity contribution in [3.63, 3.8) is 0 Å². The second kappa shape index (κ2) is 5.67. The Balaban J connectivity index is 1.85. The van der Waals surface area contributed by atoms with Crippen LogP contribution in [0.3, 0.4) is 0 Å². The van der Waals surface area contributed by atoms with E-state index >= 15 is 0 Å². The van der Waals surface area contributed by atoms with Gasteiger partial charge in [0.1, 0.15) is 5.82 Å². The quantitative estimate of drug-likeness (QED) is 0.675. The third kappa shape index (κ3) is 2.43. The molecule has 0 amide bonds. The van der Waals surface area contributed by atoms with Crippen LogP contribution in [-0.2, 0) is 19.0 Å². The van der Waals surface area contributed by atoms with Gasteiger partial charge in [-0.15, -0.1) is 11.6 Å². The fourth-order valence-corrected chi connectivity index (χ4v) is 2.78. The summed E-state index contributed by atoms with van der Waals surface area (Å²) in [4.78, 5) is 4.62. The van der Waals surface area contributed by atoms with E-state index in [1.165, 1.54) is 11.1 Å². The number of fused-ring (bicyclic) bond motifs is 1. The van der Waals surface area contributed by atoms with Gasteiger partial charge in [-0.1, -0.05) is 12.1 Å². The minimum absolute atomic E-state index is 0.440. The van der Waals surface area contributed by atoms with Crippen LogP contribution in [0.15, 0.2) is 36.7 Å². The Morgan fingerprint density at radius 1 is 1.20 bits per heavy atom. The van der Waals surface area contributed by atoms with E-state index in [9.17, 15) is 0 Å². The Morgan fingerprint density at radius 3 is 2.85 bits per heavy atom. The first-order valence-electron chi connectivity index (χ1n) is 6.77. The van der Waals surface area contributed by atoms with E-state index < -0.39 is 0 Å². The van der Waals surface area contributed by atoms with E-state index in [-0.39, 0.29) is 0 Å². The topological polar surface area (TPSA) is 35.6 Å². The number of halogens is 1. The molecule has 3 aromatic rings. The maximum absolute atomic E-state index is 6.03. The molecule has 3 rings (SSSR count). The van der Waals surface area contributed by atoms with Crippen molar-refractivity contribution in [2.45, 2.75) is 32.3 Å². The van der Waals surface area contributed by atoms with Gasteiger partial charge in [0.05, 0.1) is 16.9 Å². The first-order valence-corrected chi connectivity index (χ1v) is 7.31. The lowest BCUT2D eigenvalue weighted by Gasteiger charge is -2.09. The number of para-hydroxylation sites is 1. The van der Waals surface area contributed by atoms with Crippen molar-refractivity contribution in [2.24, 2.45) is 0 Å². The normalized spacial score (nSPS) is 11.3. The third-order valence-electron chi connectivity index (χ3n) is 3.50. The molecule has 2 heterocycles. The summed E-state index contributed by atoms with van der Waals surface area (Å²) < 4.78 is 4.19. The monoisotopic (exact) mass is 288 g/mol. The summed E-state index contributed by atoms with van der Waals surface area (Å²) in [6.07, 6.45) is 4.80. The zero-order valence-corrected chi connectivity index (χ0v) is 12.2. The molecule has 20 heavy (non-hydrogen) atoms. The summed E-state index contributed by atoms with van der Waals surface area (Å²) in [7, 11) is 0. The van der Waals surface area contributed by atoms with Crippen LogP contribution in [0.5, 0.6) is 0 Å². The van der Waals surface area contributed by atoms with Crippen LogP contribution in [0.25, 0.3) is 11.0 Å². The zero-order valence-electron chi connectivity index (χ0n) is 11.5. The summed E-state index contributed by atoms with van der Waals surface area (Å²) in [6.45, 7) is 3.93. The molecule has 0 radical (unpaired) electrons. The van der Waals surface area contributed by atoms with E-state index in [4.69, 9.17) is 11.6 Å². The molecule has 4 nitrogen and oxygen atoms in total. The number of nitrogens with zero attached hydrogens (tertiary/aromatic N) is 4. The second-order valence-electron chi connectivity index (χ2n) is 4.88. The number of imidazole rings is 1. The van der Waals surface area contributed by atoms with E-state index in [1.807, 2.05) is 29.1 Å². The Kier molecular flexibility index (Phi) is 3.74. The van der Waals surface area contributed by atoms with Gasteiger partial charge in [-0.3, -0.25) is 4.68 Å². The maximum Gasteiger partial charge on any atom is 0.124 e. The summed E-state index contributed by atoms with van der Waals surface area (Å²) in [5.41, 5.74) is 3.47. The van der Waals surface area contributed by atoms with Gasteiger partial charge in [0.15, 0.2) is 0 Å². The van der Waals surface area contributed by atoms with E-state index in [0.29, 0.717) is 5.88 Å². The molecule has 0 saturated heterocycles. The van der Waals surface area contributed by atoms with Crippen LogP contribution >= 0.6 is 11.6 Å². The lowest BCUT2D eigenvalue weighted by atomic mass is 10.2. The fraction of sp³-hybridized carbons (Fsp3) is 0.333. The van der Waals surface area contributed by atoms with Crippen LogP contribution in [-0.4, -0.2) is 19.3 Å². The van der Waals surface area contributed by atoms with Gasteiger partial charge in [-0.05, 0) is 31.0 Å². The average Bonchev–Trinajstić information content (AvgIpc) is 3.07. The standard InChI is InChI=1S/C15H17ClN4/c1-12-5-2-6-13-15(12)20(14(11-16)18-13)10-4-9-19-8-3-7-17-19/h2-3,5-8H,4,9-11H2,1H3. The van der Waals surface area contributed by atoms with Crippen molar-refractivity contribution in [1.29, 1.82) is 0 Å². The molecule has 5 heteroatoms. The molecule has 2 aromatic heterocycles. The van der Waals surface area contributed by atoms with Gasteiger partial charge in [0.2, 0.25) is 0 Å². The number of rotatable bonds is 5. The Morgan fingerprint density at radius 2 is 2.10 bits per heavy atom. The molecule has 0 spiro atoms. The largest absolute Gasteiger partial charge is 0.327 e. The highest BCUT2D eigenvalue weighted by molar-refractivity contribution is 6.16. The lowest BCUT2D eigenvalue weighted by molar-refractivity contribution is 0.526. The molecule has 0 fully saturated rings. The van der Waals surface area contributed by atoms with E-state index in [2.05, 4.69) is 27.6 Å². The second-order valence-corrected chi connectivity index (χ2v) is 5.15. The minimum Gasteiger partial charge on any atom is -0.327 e. The number of aryl methyl sites for hydroxylation is 3. The first kappa shape index (κ1) is 13.2.